The molecule has 0 unspecified atom stereocenters. The Kier molecular flexibility index (Phi) is 4.37. The van der Waals surface area contributed by atoms with Crippen LogP contribution >= 0.6 is 15.9 Å². The molecule has 1 amide bonds. The largest absolute Gasteiger partial charge is 0.394 e. The molecule has 1 aliphatic rings. The van der Waals surface area contributed by atoms with Crippen LogP contribution in [0.15, 0.2) is 28.7 Å². The molecule has 0 radical (unpaired) electrons. The van der Waals surface area contributed by atoms with Gasteiger partial charge >= 0.3 is 0 Å². The lowest BCUT2D eigenvalue weighted by atomic mass is 9.98. The van der Waals surface area contributed by atoms with Crippen molar-refractivity contribution in [2.24, 2.45) is 0 Å². The van der Waals surface area contributed by atoms with E-state index in [1.807, 2.05) is 0 Å². The summed E-state index contributed by atoms with van der Waals surface area (Å²) in [6.07, 6.45) is 3.38. The third kappa shape index (κ3) is 3.22. The van der Waals surface area contributed by atoms with Gasteiger partial charge in [0.05, 0.1) is 12.1 Å². The first-order chi connectivity index (χ1) is 9.06. The Morgan fingerprint density at radius 3 is 2.32 bits per heavy atom. The quantitative estimate of drug-likeness (QED) is 0.657. The van der Waals surface area contributed by atoms with Gasteiger partial charge in [-0.3, -0.25) is 9.59 Å². The van der Waals surface area contributed by atoms with E-state index in [4.69, 9.17) is 0 Å². The molecule has 0 atom stereocenters. The van der Waals surface area contributed by atoms with Crippen LogP contribution in [-0.4, -0.2) is 28.9 Å². The molecule has 0 aliphatic heterocycles. The fraction of sp³-hybridized carbons (Fsp3) is 0.429. The first kappa shape index (κ1) is 14.2. The smallest absolute Gasteiger partial charge is 0.292 e. The van der Waals surface area contributed by atoms with E-state index in [2.05, 4.69) is 21.2 Å². The fourth-order valence-electron chi connectivity index (χ4n) is 2.40. The fourth-order valence-corrected chi connectivity index (χ4v) is 2.67. The highest BCUT2D eigenvalue weighted by Gasteiger charge is 2.36. The molecule has 0 heterocycles. The molecule has 0 bridgehead atoms. The van der Waals surface area contributed by atoms with Crippen LogP contribution in [0.1, 0.15) is 36.0 Å². The van der Waals surface area contributed by atoms with Crippen LogP contribution in [0.2, 0.25) is 0 Å². The van der Waals surface area contributed by atoms with Crippen LogP contribution in [0, 0.1) is 0 Å². The van der Waals surface area contributed by atoms with Crippen LogP contribution in [0.3, 0.4) is 0 Å². The van der Waals surface area contributed by atoms with Gasteiger partial charge in [0.25, 0.3) is 5.91 Å². The maximum atomic E-state index is 12.0. The number of hydrogen-bond acceptors (Lipinski definition) is 3. The summed E-state index contributed by atoms with van der Waals surface area (Å²) in [7, 11) is 0. The molecule has 0 aromatic heterocycles. The van der Waals surface area contributed by atoms with Crippen molar-refractivity contribution in [2.45, 2.75) is 31.2 Å². The zero-order chi connectivity index (χ0) is 13.9. The van der Waals surface area contributed by atoms with Gasteiger partial charge in [-0.15, -0.1) is 0 Å². The third-order valence-electron chi connectivity index (χ3n) is 3.55. The maximum absolute atomic E-state index is 12.0. The molecule has 4 nitrogen and oxygen atoms in total. The highest BCUT2D eigenvalue weighted by Crippen LogP contribution is 2.29. The van der Waals surface area contributed by atoms with E-state index in [1.54, 1.807) is 24.3 Å². The number of hydrogen-bond donors (Lipinski definition) is 2. The van der Waals surface area contributed by atoms with Gasteiger partial charge in [0.1, 0.15) is 0 Å². The molecule has 1 fully saturated rings. The number of carbonyl (C=O) groups excluding carboxylic acids is 2. The molecule has 2 N–H and O–H groups in total. The summed E-state index contributed by atoms with van der Waals surface area (Å²) in [4.78, 5) is 24.0. The predicted molar refractivity (Wildman–Crippen MR) is 74.9 cm³/mol. The molecule has 1 aromatic rings. The molecule has 1 aliphatic carbocycles. The Morgan fingerprint density at radius 2 is 1.79 bits per heavy atom. The summed E-state index contributed by atoms with van der Waals surface area (Å²) in [6.45, 7) is -0.119. The number of aliphatic hydroxyl groups is 1. The molecule has 1 saturated carbocycles. The van der Waals surface area contributed by atoms with Crippen molar-refractivity contribution < 1.29 is 14.7 Å². The molecule has 0 saturated heterocycles. The van der Waals surface area contributed by atoms with Gasteiger partial charge < -0.3 is 10.4 Å². The number of ketones is 1. The summed E-state index contributed by atoms with van der Waals surface area (Å²) in [5.74, 6) is -1.20. The number of nitrogens with one attached hydrogen (secondary N) is 1. The van der Waals surface area contributed by atoms with Crippen molar-refractivity contribution in [3.8, 4) is 0 Å². The molecule has 0 spiro atoms. The van der Waals surface area contributed by atoms with E-state index in [-0.39, 0.29) is 6.61 Å². The number of Topliss-reactive ketones (excluding diaryl/α,β-unsaturated/α-hetero) is 1. The third-order valence-corrected chi connectivity index (χ3v) is 4.08. The lowest BCUT2D eigenvalue weighted by molar-refractivity contribution is -0.119. The minimum absolute atomic E-state index is 0.119. The zero-order valence-corrected chi connectivity index (χ0v) is 12.1. The van der Waals surface area contributed by atoms with Crippen LogP contribution < -0.4 is 5.32 Å². The van der Waals surface area contributed by atoms with E-state index in [1.165, 1.54) is 0 Å². The molecule has 19 heavy (non-hydrogen) atoms. The van der Waals surface area contributed by atoms with Gasteiger partial charge in [0.2, 0.25) is 5.78 Å². The average Bonchev–Trinajstić information content (AvgIpc) is 2.88. The second-order valence-electron chi connectivity index (χ2n) is 4.94. The van der Waals surface area contributed by atoms with E-state index in [9.17, 15) is 14.7 Å². The average molecular weight is 326 g/mol. The molecule has 2 rings (SSSR count). The second-order valence-corrected chi connectivity index (χ2v) is 5.85. The summed E-state index contributed by atoms with van der Waals surface area (Å²) < 4.78 is 0.854. The van der Waals surface area contributed by atoms with Gasteiger partial charge in [-0.1, -0.05) is 28.8 Å². The van der Waals surface area contributed by atoms with Gasteiger partial charge in [0, 0.05) is 10.0 Å². The zero-order valence-electron chi connectivity index (χ0n) is 10.5. The lowest BCUT2D eigenvalue weighted by Crippen LogP contribution is -2.51. The Morgan fingerprint density at radius 1 is 1.21 bits per heavy atom. The minimum atomic E-state index is -0.640. The lowest BCUT2D eigenvalue weighted by Gasteiger charge is -2.27. The molecule has 1 aromatic carbocycles. The van der Waals surface area contributed by atoms with Crippen molar-refractivity contribution in [1.82, 2.24) is 5.32 Å². The van der Waals surface area contributed by atoms with Crippen LogP contribution in [0.25, 0.3) is 0 Å². The van der Waals surface area contributed by atoms with E-state index in [0.29, 0.717) is 5.56 Å². The molecular weight excluding hydrogens is 310 g/mol. The molecule has 102 valence electrons. The van der Waals surface area contributed by atoms with Crippen molar-refractivity contribution in [1.29, 1.82) is 0 Å². The highest BCUT2D eigenvalue weighted by molar-refractivity contribution is 9.10. The summed E-state index contributed by atoms with van der Waals surface area (Å²) in [5, 5.41) is 12.1. The summed E-state index contributed by atoms with van der Waals surface area (Å²) in [6, 6.07) is 6.65. The van der Waals surface area contributed by atoms with Crippen molar-refractivity contribution >= 4 is 27.6 Å². The molecular formula is C14H16BrNO3. The number of aliphatic hydroxyl groups excluding tert-OH is 1. The first-order valence-electron chi connectivity index (χ1n) is 6.30. The summed E-state index contributed by atoms with van der Waals surface area (Å²) >= 11 is 3.28. The topological polar surface area (TPSA) is 66.4 Å². The number of carbonyl (C=O) groups is 2. The Bertz CT molecular complexity index is 478. The van der Waals surface area contributed by atoms with Crippen molar-refractivity contribution in [3.63, 3.8) is 0 Å². The highest BCUT2D eigenvalue weighted by atomic mass is 79.9. The second kappa shape index (κ2) is 5.84. The Labute approximate surface area is 120 Å². The SMILES string of the molecule is O=C(NC1(CO)CCCC1)C(=O)c1ccc(Br)cc1. The van der Waals surface area contributed by atoms with Crippen LogP contribution in [-0.2, 0) is 4.79 Å². The predicted octanol–water partition coefficient (Wildman–Crippen LogP) is 2.05. The number of rotatable bonds is 4. The van der Waals surface area contributed by atoms with Crippen LogP contribution in [0.5, 0.6) is 0 Å². The van der Waals surface area contributed by atoms with Crippen molar-refractivity contribution in [2.75, 3.05) is 6.61 Å². The number of benzene rings is 1. The molecule has 5 heteroatoms. The van der Waals surface area contributed by atoms with Crippen LogP contribution in [0.4, 0.5) is 0 Å². The van der Waals surface area contributed by atoms with Gasteiger partial charge in [-0.25, -0.2) is 0 Å². The Hall–Kier alpha value is -1.20. The van der Waals surface area contributed by atoms with Gasteiger partial charge in [-0.05, 0) is 37.1 Å². The van der Waals surface area contributed by atoms with E-state index < -0.39 is 17.2 Å². The maximum Gasteiger partial charge on any atom is 0.292 e. The summed E-state index contributed by atoms with van der Waals surface area (Å²) in [5.41, 5.74) is -0.256. The van der Waals surface area contributed by atoms with E-state index >= 15 is 0 Å². The number of halogens is 1. The minimum Gasteiger partial charge on any atom is -0.394 e. The first-order valence-corrected chi connectivity index (χ1v) is 7.09. The van der Waals surface area contributed by atoms with Gasteiger partial charge in [0.15, 0.2) is 0 Å². The number of amides is 1. The Balaban J connectivity index is 2.07. The van der Waals surface area contributed by atoms with Gasteiger partial charge in [-0.2, -0.15) is 0 Å². The van der Waals surface area contributed by atoms with Crippen molar-refractivity contribution in [3.05, 3.63) is 34.3 Å². The normalized spacial score (nSPS) is 17.2. The van der Waals surface area contributed by atoms with E-state index in [0.717, 1.165) is 30.2 Å². The standard InChI is InChI=1S/C14H16BrNO3/c15-11-5-3-10(4-6-11)12(18)13(19)16-14(9-17)7-1-2-8-14/h3-6,17H,1-2,7-9H2,(H,16,19). The monoisotopic (exact) mass is 325 g/mol.